The predicted molar refractivity (Wildman–Crippen MR) is 56.2 cm³/mol. The van der Waals surface area contributed by atoms with E-state index in [1.807, 2.05) is 26.1 Å². The molecule has 0 atom stereocenters. The smallest absolute Gasteiger partial charge is 0.0220 e. The molecule has 0 saturated heterocycles. The van der Waals surface area contributed by atoms with Crippen molar-refractivity contribution in [3.05, 3.63) is 30.1 Å². The number of aryl methyl sites for hydroxylation is 1. The van der Waals surface area contributed by atoms with Crippen LogP contribution < -0.4 is 0 Å². The molecule has 1 rings (SSSR count). The van der Waals surface area contributed by atoms with Crippen molar-refractivity contribution in [2.24, 2.45) is 0 Å². The van der Waals surface area contributed by atoms with Crippen molar-refractivity contribution >= 4 is 6.08 Å². The molecule has 0 aromatic carbocycles. The second-order valence-corrected chi connectivity index (χ2v) is 2.37. The summed E-state index contributed by atoms with van der Waals surface area (Å²) in [7, 11) is 0. The Labute approximate surface area is 75.5 Å². The molecule has 12 heavy (non-hydrogen) atoms. The Kier molecular flexibility index (Phi) is 6.16. The van der Waals surface area contributed by atoms with Crippen molar-refractivity contribution in [1.82, 2.24) is 4.98 Å². The molecule has 0 bridgehead atoms. The topological polar surface area (TPSA) is 15.8 Å². The van der Waals surface area contributed by atoms with Crippen molar-refractivity contribution in [3.63, 3.8) is 0 Å². The maximum atomic E-state index is 3.73. The third-order valence-corrected chi connectivity index (χ3v) is 1.59. The van der Waals surface area contributed by atoms with Crippen molar-refractivity contribution in [2.75, 3.05) is 0 Å². The molecule has 68 valence electrons. The molecule has 0 unspecified atom stereocenters. The second kappa shape index (κ2) is 6.71. The zero-order chi connectivity index (χ0) is 9.40. The van der Waals surface area contributed by atoms with Gasteiger partial charge in [0, 0.05) is 11.9 Å². The van der Waals surface area contributed by atoms with Crippen molar-refractivity contribution < 1.29 is 0 Å². The Balaban J connectivity index is 0.000000561. The second-order valence-electron chi connectivity index (χ2n) is 2.37. The van der Waals surface area contributed by atoms with Gasteiger partial charge in [-0.2, -0.15) is 0 Å². The molecular formula is C11H19N. The zero-order valence-corrected chi connectivity index (χ0v) is 8.35. The first-order valence-corrected chi connectivity index (χ1v) is 4.67. The van der Waals surface area contributed by atoms with Gasteiger partial charge in [-0.1, -0.05) is 39.8 Å². The molecule has 0 radical (unpaired) electrons. The molecule has 1 nitrogen and oxygen atoms in total. The van der Waals surface area contributed by atoms with E-state index in [9.17, 15) is 0 Å². The van der Waals surface area contributed by atoms with Crippen LogP contribution in [0.15, 0.2) is 18.8 Å². The summed E-state index contributed by atoms with van der Waals surface area (Å²) in [5, 5.41) is 0. The van der Waals surface area contributed by atoms with Gasteiger partial charge in [0.15, 0.2) is 0 Å². The first kappa shape index (κ1) is 11.0. The van der Waals surface area contributed by atoms with Crippen LogP contribution in [0.3, 0.4) is 0 Å². The lowest BCUT2D eigenvalue weighted by molar-refractivity contribution is 0.890. The van der Waals surface area contributed by atoms with Crippen LogP contribution in [0.1, 0.15) is 38.4 Å². The molecular weight excluding hydrogens is 146 g/mol. The molecule has 1 aromatic rings. The van der Waals surface area contributed by atoms with E-state index in [1.165, 1.54) is 17.7 Å². The lowest BCUT2D eigenvalue weighted by atomic mass is 10.2. The van der Waals surface area contributed by atoms with Crippen molar-refractivity contribution in [3.8, 4) is 0 Å². The van der Waals surface area contributed by atoms with Crippen LogP contribution in [0.2, 0.25) is 0 Å². The number of H-pyrrole nitrogens is 1. The predicted octanol–water partition coefficient (Wildman–Crippen LogP) is 3.64. The van der Waals surface area contributed by atoms with Gasteiger partial charge in [-0.05, 0) is 18.1 Å². The van der Waals surface area contributed by atoms with E-state index in [4.69, 9.17) is 0 Å². The average Bonchev–Trinajstić information content (AvgIpc) is 2.56. The van der Waals surface area contributed by atoms with Crippen LogP contribution in [0, 0.1) is 0 Å². The highest BCUT2D eigenvalue weighted by Crippen LogP contribution is 2.09. The largest absolute Gasteiger partial charge is 0.364 e. The quantitative estimate of drug-likeness (QED) is 0.704. The van der Waals surface area contributed by atoms with Crippen LogP contribution in [-0.4, -0.2) is 4.98 Å². The number of nitrogens with one attached hydrogen (secondary N) is 1. The van der Waals surface area contributed by atoms with Gasteiger partial charge >= 0.3 is 0 Å². The van der Waals surface area contributed by atoms with Gasteiger partial charge in [0.25, 0.3) is 0 Å². The van der Waals surface area contributed by atoms with E-state index < -0.39 is 0 Å². The maximum Gasteiger partial charge on any atom is 0.0220 e. The monoisotopic (exact) mass is 165 g/mol. The third-order valence-electron chi connectivity index (χ3n) is 1.59. The minimum Gasteiger partial charge on any atom is -0.364 e. The molecule has 0 aliphatic heterocycles. The fourth-order valence-corrected chi connectivity index (χ4v) is 1.07. The standard InChI is InChI=1S/C9H13N.C2H6/c1-3-5-9-8(4-2)6-7-10-9;1-2/h4,6-7,10H,2-3,5H2,1H3;1-2H3. The number of aromatic amines is 1. The van der Waals surface area contributed by atoms with Crippen molar-refractivity contribution in [1.29, 1.82) is 0 Å². The molecule has 0 amide bonds. The summed E-state index contributed by atoms with van der Waals surface area (Å²) in [6, 6.07) is 2.05. The fourth-order valence-electron chi connectivity index (χ4n) is 1.07. The third kappa shape index (κ3) is 2.95. The number of aromatic nitrogens is 1. The Morgan fingerprint density at radius 1 is 1.50 bits per heavy atom. The highest BCUT2D eigenvalue weighted by atomic mass is 14.7. The fraction of sp³-hybridized carbons (Fsp3) is 0.455. The average molecular weight is 165 g/mol. The van der Waals surface area contributed by atoms with E-state index in [1.54, 1.807) is 0 Å². The minimum absolute atomic E-state index is 1.12. The van der Waals surface area contributed by atoms with Crippen LogP contribution in [0.5, 0.6) is 0 Å². The molecule has 1 heterocycles. The Morgan fingerprint density at radius 2 is 2.17 bits per heavy atom. The normalized spacial score (nSPS) is 8.58. The molecule has 0 spiro atoms. The summed E-state index contributed by atoms with van der Waals surface area (Å²) in [4.78, 5) is 3.19. The van der Waals surface area contributed by atoms with Gasteiger partial charge in [-0.25, -0.2) is 0 Å². The van der Waals surface area contributed by atoms with Gasteiger partial charge in [0.05, 0.1) is 0 Å². The highest BCUT2D eigenvalue weighted by molar-refractivity contribution is 5.49. The molecule has 1 heteroatoms. The van der Waals surface area contributed by atoms with Crippen LogP contribution in [-0.2, 0) is 6.42 Å². The van der Waals surface area contributed by atoms with Crippen LogP contribution >= 0.6 is 0 Å². The van der Waals surface area contributed by atoms with E-state index >= 15 is 0 Å². The molecule has 1 aromatic heterocycles. The molecule has 0 fully saturated rings. The van der Waals surface area contributed by atoms with Crippen LogP contribution in [0.4, 0.5) is 0 Å². The van der Waals surface area contributed by atoms with Gasteiger partial charge in [0.2, 0.25) is 0 Å². The molecule has 0 aliphatic rings. The van der Waals surface area contributed by atoms with Gasteiger partial charge in [0.1, 0.15) is 0 Å². The number of hydrogen-bond acceptors (Lipinski definition) is 0. The first-order chi connectivity index (χ1) is 5.88. The molecule has 0 saturated carbocycles. The van der Waals surface area contributed by atoms with Gasteiger partial charge < -0.3 is 4.98 Å². The molecule has 0 aliphatic carbocycles. The van der Waals surface area contributed by atoms with Crippen molar-refractivity contribution in [2.45, 2.75) is 33.6 Å². The Hall–Kier alpha value is -0.980. The first-order valence-electron chi connectivity index (χ1n) is 4.67. The number of hydrogen-bond donors (Lipinski definition) is 1. The summed E-state index contributed by atoms with van der Waals surface area (Å²) < 4.78 is 0. The van der Waals surface area contributed by atoms with E-state index in [-0.39, 0.29) is 0 Å². The molecule has 1 N–H and O–H groups in total. The Bertz CT molecular complexity index is 211. The summed E-state index contributed by atoms with van der Waals surface area (Å²) in [6.07, 6.45) is 6.15. The number of rotatable bonds is 3. The van der Waals surface area contributed by atoms with E-state index in [0.717, 1.165) is 6.42 Å². The van der Waals surface area contributed by atoms with E-state index in [2.05, 4.69) is 24.6 Å². The SMILES string of the molecule is C=Cc1cc[nH]c1CCC.CC. The van der Waals surface area contributed by atoms with Gasteiger partial charge in [-0.3, -0.25) is 0 Å². The minimum atomic E-state index is 1.12. The summed E-state index contributed by atoms with van der Waals surface area (Å²) in [5.41, 5.74) is 2.54. The summed E-state index contributed by atoms with van der Waals surface area (Å²) >= 11 is 0. The maximum absolute atomic E-state index is 3.73. The highest BCUT2D eigenvalue weighted by Gasteiger charge is 1.96. The van der Waals surface area contributed by atoms with Crippen LogP contribution in [0.25, 0.3) is 6.08 Å². The lowest BCUT2D eigenvalue weighted by Gasteiger charge is -1.94. The Morgan fingerprint density at radius 3 is 2.67 bits per heavy atom. The zero-order valence-electron chi connectivity index (χ0n) is 8.35. The van der Waals surface area contributed by atoms with Gasteiger partial charge in [-0.15, -0.1) is 0 Å². The summed E-state index contributed by atoms with van der Waals surface area (Å²) in [5.74, 6) is 0. The summed E-state index contributed by atoms with van der Waals surface area (Å²) in [6.45, 7) is 9.90. The van der Waals surface area contributed by atoms with E-state index in [0.29, 0.717) is 0 Å². The lowest BCUT2D eigenvalue weighted by Crippen LogP contribution is -1.84.